The van der Waals surface area contributed by atoms with Crippen LogP contribution in [-0.4, -0.2) is 45.7 Å². The van der Waals surface area contributed by atoms with Gasteiger partial charge >= 0.3 is 12.0 Å². The third-order valence-corrected chi connectivity index (χ3v) is 5.17. The summed E-state index contributed by atoms with van der Waals surface area (Å²) in [6.45, 7) is 2.38. The van der Waals surface area contributed by atoms with Crippen molar-refractivity contribution in [1.29, 1.82) is 0 Å². The lowest BCUT2D eigenvalue weighted by atomic mass is 10.1. The zero-order valence-electron chi connectivity index (χ0n) is 15.2. The number of amidine groups is 1. The minimum Gasteiger partial charge on any atom is -0.270 e. The lowest BCUT2D eigenvalue weighted by Gasteiger charge is -2.33. The van der Waals surface area contributed by atoms with Crippen LogP contribution in [0.5, 0.6) is 0 Å². The van der Waals surface area contributed by atoms with Gasteiger partial charge in [-0.1, -0.05) is 35.3 Å². The molecule has 0 aliphatic carbocycles. The third-order valence-electron chi connectivity index (χ3n) is 5.17. The molecule has 1 unspecified atom stereocenters. The number of rotatable bonds is 4. The first-order chi connectivity index (χ1) is 12.5. The highest BCUT2D eigenvalue weighted by atomic mass is 16.2. The number of likely N-dealkylation sites (N-methyl/N-ethyl adjacent to an activating group) is 1. The van der Waals surface area contributed by atoms with Crippen molar-refractivity contribution in [2.75, 3.05) is 13.6 Å². The molecule has 3 heterocycles. The Kier molecular flexibility index (Phi) is 3.86. The smallest absolute Gasteiger partial charge is 0.270 e. The first-order valence-electron chi connectivity index (χ1n) is 8.78. The maximum absolute atomic E-state index is 13.1. The van der Waals surface area contributed by atoms with Crippen molar-refractivity contribution in [3.63, 3.8) is 0 Å². The molecule has 1 aromatic heterocycles. The largest absolute Gasteiger partial charge is 0.401 e. The van der Waals surface area contributed by atoms with E-state index in [4.69, 9.17) is 0 Å². The molecule has 134 valence electrons. The van der Waals surface area contributed by atoms with Crippen LogP contribution < -0.4 is 4.57 Å². The van der Waals surface area contributed by atoms with E-state index < -0.39 is 6.04 Å². The van der Waals surface area contributed by atoms with Crippen LogP contribution in [0.25, 0.3) is 0 Å². The molecule has 7 heteroatoms. The van der Waals surface area contributed by atoms with Gasteiger partial charge in [0.1, 0.15) is 11.9 Å². The van der Waals surface area contributed by atoms with Gasteiger partial charge in [-0.25, -0.2) is 13.9 Å². The van der Waals surface area contributed by atoms with Gasteiger partial charge in [0, 0.05) is 13.6 Å². The number of nitrogens with zero attached hydrogens (tertiary/aromatic N) is 5. The molecule has 0 bridgehead atoms. The van der Waals surface area contributed by atoms with Crippen molar-refractivity contribution in [3.05, 3.63) is 47.8 Å². The van der Waals surface area contributed by atoms with Crippen LogP contribution in [0.15, 0.2) is 41.5 Å². The van der Waals surface area contributed by atoms with Crippen LogP contribution >= 0.6 is 0 Å². The molecule has 0 N–H and O–H groups in total. The summed E-state index contributed by atoms with van der Waals surface area (Å²) in [6, 6.07) is 9.24. The maximum atomic E-state index is 13.1. The van der Waals surface area contributed by atoms with Crippen molar-refractivity contribution in [2.45, 2.75) is 25.8 Å². The molecule has 1 saturated heterocycles. The van der Waals surface area contributed by atoms with Crippen LogP contribution in [0.2, 0.25) is 0 Å². The Morgan fingerprint density at radius 2 is 1.88 bits per heavy atom. The Morgan fingerprint density at radius 3 is 2.62 bits per heavy atom. The van der Waals surface area contributed by atoms with E-state index >= 15 is 0 Å². The van der Waals surface area contributed by atoms with Gasteiger partial charge in [-0.2, -0.15) is 0 Å². The highest BCUT2D eigenvalue weighted by Gasteiger charge is 2.52. The average Bonchev–Trinajstić information content (AvgIpc) is 3.14. The molecule has 1 fully saturated rings. The van der Waals surface area contributed by atoms with Crippen molar-refractivity contribution in [1.82, 2.24) is 14.4 Å². The van der Waals surface area contributed by atoms with Crippen LogP contribution in [-0.2, 0) is 18.3 Å². The Balaban J connectivity index is 1.55. The summed E-state index contributed by atoms with van der Waals surface area (Å²) in [5.41, 5.74) is 2.22. The number of fused-ring (bicyclic) bond motifs is 3. The summed E-state index contributed by atoms with van der Waals surface area (Å²) in [7, 11) is 3.59. The second-order valence-corrected chi connectivity index (χ2v) is 6.83. The number of carbonyl (C=O) groups is 2. The number of aryl methyl sites for hydroxylation is 2. The molecule has 7 nitrogen and oxygen atoms in total. The predicted octanol–water partition coefficient (Wildman–Crippen LogP) is 1.73. The van der Waals surface area contributed by atoms with Crippen LogP contribution in [0.3, 0.4) is 0 Å². The number of aromatic nitrogens is 2. The standard InChI is InChI=1S/C19H22N5O2/c1-13-12-24-15-16(20-18(24)21(13)2)22(3)19(26)23(17(15)25)11-7-10-14-8-5-4-6-9-14/h4-6,8-9,12,15H,7,10-11H2,1-3H3/q+1. The number of amides is 3. The second kappa shape index (κ2) is 6.09. The Morgan fingerprint density at radius 1 is 1.15 bits per heavy atom. The van der Waals surface area contributed by atoms with Gasteiger partial charge in [0.05, 0.1) is 7.05 Å². The topological polar surface area (TPSA) is 61.8 Å². The van der Waals surface area contributed by atoms with Gasteiger partial charge in [-0.3, -0.25) is 14.6 Å². The molecule has 0 radical (unpaired) electrons. The van der Waals surface area contributed by atoms with E-state index in [0.717, 1.165) is 18.5 Å². The SMILES string of the molecule is Cc1c[n+]2c(n1C)N=C1C2C(=O)N(CCCc2ccccc2)C(=O)N1C. The quantitative estimate of drug-likeness (QED) is 0.787. The Labute approximate surface area is 152 Å². The number of imidazole rings is 1. The molecule has 1 aromatic carbocycles. The summed E-state index contributed by atoms with van der Waals surface area (Å²) in [5.74, 6) is 1.00. The molecule has 0 spiro atoms. The molecule has 4 rings (SSSR count). The summed E-state index contributed by atoms with van der Waals surface area (Å²) < 4.78 is 3.79. The van der Waals surface area contributed by atoms with E-state index in [0.29, 0.717) is 18.3 Å². The van der Waals surface area contributed by atoms with Crippen molar-refractivity contribution in [3.8, 4) is 0 Å². The molecule has 2 aliphatic rings. The van der Waals surface area contributed by atoms with E-state index in [9.17, 15) is 9.59 Å². The molecule has 3 amide bonds. The lowest BCUT2D eigenvalue weighted by molar-refractivity contribution is -0.677. The first kappa shape index (κ1) is 16.5. The van der Waals surface area contributed by atoms with E-state index in [1.807, 2.05) is 47.5 Å². The van der Waals surface area contributed by atoms with Crippen LogP contribution in [0, 0.1) is 6.92 Å². The minimum absolute atomic E-state index is 0.200. The lowest BCUT2D eigenvalue weighted by Crippen LogP contribution is -2.62. The van der Waals surface area contributed by atoms with Gasteiger partial charge in [0.15, 0.2) is 0 Å². The molecule has 2 aliphatic heterocycles. The average molecular weight is 352 g/mol. The number of aliphatic imine (C=N–C) groups is 1. The molecule has 26 heavy (non-hydrogen) atoms. The second-order valence-electron chi connectivity index (χ2n) is 6.83. The zero-order valence-corrected chi connectivity index (χ0v) is 15.2. The highest BCUT2D eigenvalue weighted by molar-refractivity contribution is 6.19. The molecular weight excluding hydrogens is 330 g/mol. The fraction of sp³-hybridized carbons (Fsp3) is 0.368. The number of benzene rings is 1. The molecule has 2 aromatic rings. The maximum Gasteiger partial charge on any atom is 0.401 e. The van der Waals surface area contributed by atoms with Gasteiger partial charge < -0.3 is 0 Å². The molecular formula is C19H22N5O2+. The van der Waals surface area contributed by atoms with Gasteiger partial charge in [0.25, 0.3) is 5.91 Å². The molecule has 0 saturated carbocycles. The fourth-order valence-corrected chi connectivity index (χ4v) is 3.59. The predicted molar refractivity (Wildman–Crippen MR) is 96.1 cm³/mol. The Hall–Kier alpha value is -2.96. The highest BCUT2D eigenvalue weighted by Crippen LogP contribution is 2.28. The van der Waals surface area contributed by atoms with E-state index in [1.54, 1.807) is 7.05 Å². The monoisotopic (exact) mass is 352 g/mol. The summed E-state index contributed by atoms with van der Waals surface area (Å²) in [4.78, 5) is 33.1. The number of carbonyl (C=O) groups excluding carboxylic acids is 2. The van der Waals surface area contributed by atoms with Crippen LogP contribution in [0.4, 0.5) is 10.7 Å². The van der Waals surface area contributed by atoms with Gasteiger partial charge in [-0.15, -0.1) is 0 Å². The summed E-state index contributed by atoms with van der Waals surface area (Å²) in [6.07, 6.45) is 3.48. The zero-order chi connectivity index (χ0) is 18.4. The number of urea groups is 1. The van der Waals surface area contributed by atoms with Crippen molar-refractivity contribution in [2.24, 2.45) is 12.0 Å². The van der Waals surface area contributed by atoms with E-state index in [-0.39, 0.29) is 11.9 Å². The molecule has 1 atom stereocenters. The first-order valence-corrected chi connectivity index (χ1v) is 8.78. The van der Waals surface area contributed by atoms with Crippen LogP contribution in [0.1, 0.15) is 23.7 Å². The Bertz CT molecular complexity index is 916. The minimum atomic E-state index is -0.552. The van der Waals surface area contributed by atoms with Crippen molar-refractivity contribution < 1.29 is 14.2 Å². The number of hydrogen-bond acceptors (Lipinski definition) is 3. The van der Waals surface area contributed by atoms with Gasteiger partial charge in [0.2, 0.25) is 11.9 Å². The van der Waals surface area contributed by atoms with E-state index in [2.05, 4.69) is 17.1 Å². The number of imide groups is 1. The van der Waals surface area contributed by atoms with E-state index in [1.165, 1.54) is 15.4 Å². The van der Waals surface area contributed by atoms with Crippen molar-refractivity contribution >= 4 is 23.7 Å². The van der Waals surface area contributed by atoms with Gasteiger partial charge in [-0.05, 0) is 25.3 Å². The third kappa shape index (κ3) is 2.42. The normalized spacial score (nSPS) is 18.9. The summed E-state index contributed by atoms with van der Waals surface area (Å²) in [5, 5.41) is 0. The number of hydrogen-bond donors (Lipinski definition) is 0. The summed E-state index contributed by atoms with van der Waals surface area (Å²) >= 11 is 0. The fourth-order valence-electron chi connectivity index (χ4n) is 3.59.